The minimum absolute atomic E-state index is 0.00692. The summed E-state index contributed by atoms with van der Waals surface area (Å²) < 4.78 is 63.3. The largest absolute Gasteiger partial charge is 0.378 e. The highest BCUT2D eigenvalue weighted by atomic mass is 32.2. The second-order valence-corrected chi connectivity index (χ2v) is 13.0. The van der Waals surface area contributed by atoms with Gasteiger partial charge in [-0.1, -0.05) is 25.0 Å². The van der Waals surface area contributed by atoms with Crippen molar-refractivity contribution in [3.05, 3.63) is 30.1 Å². The van der Waals surface area contributed by atoms with Crippen molar-refractivity contribution in [1.82, 2.24) is 29.2 Å². The smallest absolute Gasteiger partial charge is 0.296 e. The van der Waals surface area contributed by atoms with E-state index in [0.717, 1.165) is 38.5 Å². The molecule has 2 aromatic heterocycles. The second kappa shape index (κ2) is 12.1. The predicted octanol–water partition coefficient (Wildman–Crippen LogP) is 3.82. The number of hydrogen-bond acceptors (Lipinski definition) is 9. The van der Waals surface area contributed by atoms with E-state index in [2.05, 4.69) is 30.0 Å². The van der Waals surface area contributed by atoms with Crippen molar-refractivity contribution < 1.29 is 21.9 Å². The molecule has 11 nitrogen and oxygen atoms in total. The molecule has 0 spiro atoms. The first-order valence-corrected chi connectivity index (χ1v) is 16.1. The van der Waals surface area contributed by atoms with Crippen LogP contribution in [-0.4, -0.2) is 77.1 Å². The summed E-state index contributed by atoms with van der Waals surface area (Å²) in [6, 6.07) is 6.82. The SMILES string of the molecule is O=S(=O)(CC1CCCC1)N[C@H]1CC[C@H](Nc2nc(N3CCOCC3)nc(-n3c(C(F)F)nc4ccccc43)n2)CC1. The molecular formula is C27H36F2N8O3S. The Labute approximate surface area is 238 Å². The monoisotopic (exact) mass is 590 g/mol. The van der Waals surface area contributed by atoms with Crippen LogP contribution in [0.25, 0.3) is 17.0 Å². The first-order valence-electron chi connectivity index (χ1n) is 14.5. The maximum Gasteiger partial charge on any atom is 0.296 e. The normalized spacial score (nSPS) is 22.6. The van der Waals surface area contributed by atoms with E-state index in [9.17, 15) is 17.2 Å². The van der Waals surface area contributed by atoms with E-state index in [1.54, 1.807) is 24.3 Å². The average molecular weight is 591 g/mol. The fraction of sp³-hybridized carbons (Fsp3) is 0.630. The Kier molecular flexibility index (Phi) is 8.31. The van der Waals surface area contributed by atoms with Crippen LogP contribution in [0.3, 0.4) is 0 Å². The van der Waals surface area contributed by atoms with Crippen LogP contribution in [0, 0.1) is 5.92 Å². The van der Waals surface area contributed by atoms with Gasteiger partial charge in [0.05, 0.1) is 30.0 Å². The van der Waals surface area contributed by atoms with Gasteiger partial charge in [-0.2, -0.15) is 15.0 Å². The number of imidazole rings is 1. The molecular weight excluding hydrogens is 554 g/mol. The Morgan fingerprint density at radius 2 is 1.59 bits per heavy atom. The maximum absolute atomic E-state index is 14.1. The highest BCUT2D eigenvalue weighted by molar-refractivity contribution is 7.89. The van der Waals surface area contributed by atoms with Crippen molar-refractivity contribution in [2.45, 2.75) is 69.9 Å². The number of sulfonamides is 1. The molecule has 222 valence electrons. The van der Waals surface area contributed by atoms with Gasteiger partial charge in [-0.3, -0.25) is 4.57 Å². The van der Waals surface area contributed by atoms with Crippen LogP contribution >= 0.6 is 0 Å². The summed E-state index contributed by atoms with van der Waals surface area (Å²) in [5.74, 6) is 0.796. The van der Waals surface area contributed by atoms with E-state index in [-0.39, 0.29) is 29.7 Å². The number of ether oxygens (including phenoxy) is 1. The van der Waals surface area contributed by atoms with E-state index < -0.39 is 22.3 Å². The molecule has 1 aromatic carbocycles. The van der Waals surface area contributed by atoms with Crippen molar-refractivity contribution >= 4 is 33.0 Å². The highest BCUT2D eigenvalue weighted by Gasteiger charge is 2.29. The molecule has 2 aliphatic carbocycles. The van der Waals surface area contributed by atoms with Crippen molar-refractivity contribution in [2.24, 2.45) is 5.92 Å². The minimum atomic E-state index is -3.31. The van der Waals surface area contributed by atoms with Crippen molar-refractivity contribution in [3.8, 4) is 5.95 Å². The first-order chi connectivity index (χ1) is 19.8. The Morgan fingerprint density at radius 1 is 0.902 bits per heavy atom. The van der Waals surface area contributed by atoms with E-state index in [0.29, 0.717) is 62.1 Å². The third-order valence-corrected chi connectivity index (χ3v) is 9.83. The Hall–Kier alpha value is -2.97. The van der Waals surface area contributed by atoms with Gasteiger partial charge in [-0.25, -0.2) is 26.9 Å². The summed E-state index contributed by atoms with van der Waals surface area (Å²) >= 11 is 0. The van der Waals surface area contributed by atoms with Crippen LogP contribution < -0.4 is 14.9 Å². The van der Waals surface area contributed by atoms with Gasteiger partial charge >= 0.3 is 0 Å². The highest BCUT2D eigenvalue weighted by Crippen LogP contribution is 2.29. The number of morpholine rings is 1. The minimum Gasteiger partial charge on any atom is -0.378 e. The zero-order chi connectivity index (χ0) is 28.4. The summed E-state index contributed by atoms with van der Waals surface area (Å²) in [4.78, 5) is 19.9. The van der Waals surface area contributed by atoms with Gasteiger partial charge in [0.15, 0.2) is 5.82 Å². The third-order valence-electron chi connectivity index (χ3n) is 8.22. The lowest BCUT2D eigenvalue weighted by atomic mass is 9.92. The molecule has 2 N–H and O–H groups in total. The zero-order valence-electron chi connectivity index (χ0n) is 22.9. The number of para-hydroxylation sites is 2. The maximum atomic E-state index is 14.1. The summed E-state index contributed by atoms with van der Waals surface area (Å²) in [5.41, 5.74) is 0.914. The van der Waals surface area contributed by atoms with Gasteiger partial charge in [0.2, 0.25) is 27.9 Å². The lowest BCUT2D eigenvalue weighted by Crippen LogP contribution is -2.42. The molecule has 1 aliphatic heterocycles. The number of nitrogens with zero attached hydrogens (tertiary/aromatic N) is 6. The van der Waals surface area contributed by atoms with Crippen LogP contribution in [-0.2, 0) is 14.8 Å². The Bertz CT molecular complexity index is 1450. The van der Waals surface area contributed by atoms with Crippen molar-refractivity contribution in [2.75, 3.05) is 42.3 Å². The van der Waals surface area contributed by atoms with Crippen LogP contribution in [0.2, 0.25) is 0 Å². The van der Waals surface area contributed by atoms with Crippen molar-refractivity contribution in [3.63, 3.8) is 0 Å². The Morgan fingerprint density at radius 3 is 2.32 bits per heavy atom. The molecule has 3 aromatic rings. The number of anilines is 2. The average Bonchev–Trinajstić information content (AvgIpc) is 3.62. The summed E-state index contributed by atoms with van der Waals surface area (Å²) in [7, 11) is -3.31. The van der Waals surface area contributed by atoms with Gasteiger partial charge < -0.3 is 15.0 Å². The van der Waals surface area contributed by atoms with E-state index >= 15 is 0 Å². The van der Waals surface area contributed by atoms with Crippen LogP contribution in [0.15, 0.2) is 24.3 Å². The fourth-order valence-corrected chi connectivity index (χ4v) is 7.95. The zero-order valence-corrected chi connectivity index (χ0v) is 23.7. The molecule has 2 saturated carbocycles. The van der Waals surface area contributed by atoms with E-state index in [1.807, 2.05) is 4.90 Å². The Balaban J connectivity index is 1.21. The predicted molar refractivity (Wildman–Crippen MR) is 151 cm³/mol. The molecule has 0 atom stereocenters. The van der Waals surface area contributed by atoms with E-state index in [4.69, 9.17) is 4.74 Å². The third kappa shape index (κ3) is 6.59. The number of halogens is 2. The van der Waals surface area contributed by atoms with Gasteiger partial charge in [0.25, 0.3) is 6.43 Å². The molecule has 6 rings (SSSR count). The number of alkyl halides is 2. The molecule has 0 bridgehead atoms. The molecule has 0 unspecified atom stereocenters. The number of benzene rings is 1. The second-order valence-electron chi connectivity index (χ2n) is 11.2. The molecule has 0 radical (unpaired) electrons. The molecule has 41 heavy (non-hydrogen) atoms. The molecule has 3 aliphatic rings. The molecule has 3 heterocycles. The number of rotatable bonds is 9. The standard InChI is InChI=1S/C27H36F2N8O3S/c28-23(29)24-31-21-7-3-4-8-22(21)37(24)27-33-25(32-26(34-27)36-13-15-40-16-14-36)30-19-9-11-20(12-10-19)35-41(38,39)17-18-5-1-2-6-18/h3-4,7-8,18-20,23,35H,1-2,5-6,9-17H2,(H,30,32,33,34)/t19-,20-. The quantitative estimate of drug-likeness (QED) is 0.382. The molecule has 3 fully saturated rings. The van der Waals surface area contributed by atoms with E-state index in [1.165, 1.54) is 4.57 Å². The summed E-state index contributed by atoms with van der Waals surface area (Å²) in [6.45, 7) is 2.17. The van der Waals surface area contributed by atoms with Gasteiger partial charge in [0.1, 0.15) is 0 Å². The number of aromatic nitrogens is 5. The fourth-order valence-electron chi connectivity index (χ4n) is 6.15. The lowest BCUT2D eigenvalue weighted by Gasteiger charge is -2.30. The van der Waals surface area contributed by atoms with Gasteiger partial charge in [0, 0.05) is 25.2 Å². The topological polar surface area (TPSA) is 127 Å². The van der Waals surface area contributed by atoms with Crippen LogP contribution in [0.4, 0.5) is 20.7 Å². The van der Waals surface area contributed by atoms with Crippen molar-refractivity contribution in [1.29, 1.82) is 0 Å². The number of nitrogens with one attached hydrogen (secondary N) is 2. The summed E-state index contributed by atoms with van der Waals surface area (Å²) in [6.07, 6.45) is 4.22. The lowest BCUT2D eigenvalue weighted by molar-refractivity contribution is 0.122. The number of fused-ring (bicyclic) bond motifs is 1. The van der Waals surface area contributed by atoms with Gasteiger partial charge in [-0.15, -0.1) is 0 Å². The molecule has 0 amide bonds. The number of hydrogen-bond donors (Lipinski definition) is 2. The molecule has 1 saturated heterocycles. The van der Waals surface area contributed by atoms with Crippen LogP contribution in [0.5, 0.6) is 0 Å². The first kappa shape index (κ1) is 28.2. The van der Waals surface area contributed by atoms with Gasteiger partial charge in [-0.05, 0) is 56.6 Å². The molecule has 14 heteroatoms. The van der Waals surface area contributed by atoms with Crippen LogP contribution in [0.1, 0.15) is 63.6 Å². The summed E-state index contributed by atoms with van der Waals surface area (Å²) in [5, 5.41) is 3.38.